The molecule has 7 nitrogen and oxygen atoms in total. The number of aromatic hydroxyl groups is 1. The highest BCUT2D eigenvalue weighted by Gasteiger charge is 2.35. The van der Waals surface area contributed by atoms with Gasteiger partial charge >= 0.3 is 10.2 Å². The molecule has 25 heavy (non-hydrogen) atoms. The van der Waals surface area contributed by atoms with Gasteiger partial charge in [-0.1, -0.05) is 32.8 Å². The molecular weight excluding hydrogens is 344 g/mol. The van der Waals surface area contributed by atoms with Gasteiger partial charge in [0, 0.05) is 6.61 Å². The van der Waals surface area contributed by atoms with Crippen molar-refractivity contribution in [1.29, 1.82) is 0 Å². The number of phenols is 1. The van der Waals surface area contributed by atoms with Gasteiger partial charge in [-0.05, 0) is 42.4 Å². The summed E-state index contributed by atoms with van der Waals surface area (Å²) in [6, 6.07) is 4.83. The van der Waals surface area contributed by atoms with E-state index in [9.17, 15) is 23.4 Å². The van der Waals surface area contributed by atoms with Gasteiger partial charge in [-0.3, -0.25) is 4.79 Å². The number of carbonyl (C=O) groups excluding carboxylic acids is 1. The van der Waals surface area contributed by atoms with Crippen molar-refractivity contribution >= 4 is 21.8 Å². The maximum atomic E-state index is 11.9. The first-order valence-electron chi connectivity index (χ1n) is 8.41. The summed E-state index contributed by atoms with van der Waals surface area (Å²) in [5, 5.41) is 19.2. The fourth-order valence-corrected chi connectivity index (χ4v) is 3.93. The largest absolute Gasteiger partial charge is 0.506 e. The molecule has 1 aromatic rings. The highest BCUT2D eigenvalue weighted by Crippen LogP contribution is 2.32. The zero-order valence-electron chi connectivity index (χ0n) is 14.7. The van der Waals surface area contributed by atoms with Gasteiger partial charge < -0.3 is 10.2 Å². The first-order chi connectivity index (χ1) is 11.6. The summed E-state index contributed by atoms with van der Waals surface area (Å²) in [6.45, 7) is 3.91. The van der Waals surface area contributed by atoms with Gasteiger partial charge in [-0.15, -0.1) is 0 Å². The lowest BCUT2D eigenvalue weighted by Crippen LogP contribution is -2.29. The topological polar surface area (TPSA) is 107 Å². The molecule has 1 aromatic carbocycles. The van der Waals surface area contributed by atoms with Gasteiger partial charge in [0.05, 0.1) is 5.69 Å². The number of hydrogen-bond acceptors (Lipinski definition) is 5. The molecule has 1 amide bonds. The van der Waals surface area contributed by atoms with Crippen molar-refractivity contribution in [3.63, 3.8) is 0 Å². The van der Waals surface area contributed by atoms with E-state index in [4.69, 9.17) is 0 Å². The normalized spacial score (nSPS) is 16.9. The summed E-state index contributed by atoms with van der Waals surface area (Å²) >= 11 is 0. The molecule has 1 aliphatic heterocycles. The number of aliphatic hydroxyl groups excluding tert-OH is 1. The number of anilines is 1. The maximum absolute atomic E-state index is 11.9. The van der Waals surface area contributed by atoms with E-state index in [0.717, 1.165) is 42.0 Å². The summed E-state index contributed by atoms with van der Waals surface area (Å²) < 4.78 is 26.6. The number of benzene rings is 1. The second kappa shape index (κ2) is 7.61. The molecule has 2 rings (SSSR count). The SMILES string of the molecule is CC(C)(CO)CCCCCc1ccc(O)c(N2CC(=O)NS2(=O)=O)c1. The molecule has 1 aliphatic rings. The zero-order chi connectivity index (χ0) is 18.7. The molecule has 0 aliphatic carbocycles. The number of nitrogens with zero attached hydrogens (tertiary/aromatic N) is 1. The van der Waals surface area contributed by atoms with Gasteiger partial charge in [-0.25, -0.2) is 9.03 Å². The van der Waals surface area contributed by atoms with Crippen molar-refractivity contribution in [2.45, 2.75) is 46.0 Å². The number of amides is 1. The third kappa shape index (κ3) is 5.09. The Labute approximate surface area is 148 Å². The van der Waals surface area contributed by atoms with E-state index in [1.165, 1.54) is 6.07 Å². The van der Waals surface area contributed by atoms with Crippen molar-refractivity contribution < 1.29 is 23.4 Å². The summed E-state index contributed by atoms with van der Waals surface area (Å²) in [7, 11) is -3.93. The Bertz CT molecular complexity index is 731. The fraction of sp³-hybridized carbons (Fsp3) is 0.588. The lowest BCUT2D eigenvalue weighted by molar-refractivity contribution is -0.117. The van der Waals surface area contributed by atoms with Crippen LogP contribution >= 0.6 is 0 Å². The quantitative estimate of drug-likeness (QED) is 0.604. The smallest absolute Gasteiger partial charge is 0.326 e. The molecule has 0 spiro atoms. The molecule has 3 N–H and O–H groups in total. The van der Waals surface area contributed by atoms with Crippen LogP contribution in [0.25, 0.3) is 0 Å². The molecule has 8 heteroatoms. The summed E-state index contributed by atoms with van der Waals surface area (Å²) in [5.41, 5.74) is 0.969. The second-order valence-corrected chi connectivity index (χ2v) is 8.84. The average Bonchev–Trinajstić information content (AvgIpc) is 2.81. The Balaban J connectivity index is 1.97. The van der Waals surface area contributed by atoms with E-state index in [1.807, 2.05) is 18.6 Å². The molecule has 0 bridgehead atoms. The number of unbranched alkanes of at least 4 members (excludes halogenated alkanes) is 2. The van der Waals surface area contributed by atoms with E-state index in [0.29, 0.717) is 0 Å². The van der Waals surface area contributed by atoms with E-state index < -0.39 is 16.1 Å². The number of nitrogens with one attached hydrogen (secondary N) is 1. The Kier molecular flexibility index (Phi) is 5.95. The molecule has 0 saturated carbocycles. The first-order valence-corrected chi connectivity index (χ1v) is 9.85. The molecule has 0 atom stereocenters. The van der Waals surface area contributed by atoms with Gasteiger partial charge in [-0.2, -0.15) is 8.42 Å². The van der Waals surface area contributed by atoms with E-state index >= 15 is 0 Å². The molecule has 1 saturated heterocycles. The van der Waals surface area contributed by atoms with Crippen LogP contribution in [0.5, 0.6) is 5.75 Å². The Morgan fingerprint density at radius 1 is 1.24 bits per heavy atom. The third-order valence-corrected chi connectivity index (χ3v) is 5.77. The van der Waals surface area contributed by atoms with Crippen LogP contribution in [0.1, 0.15) is 45.1 Å². The van der Waals surface area contributed by atoms with Crippen molar-refractivity contribution in [2.24, 2.45) is 5.41 Å². The maximum Gasteiger partial charge on any atom is 0.326 e. The predicted octanol–water partition coefficient (Wildman–Crippen LogP) is 1.69. The van der Waals surface area contributed by atoms with Crippen molar-refractivity contribution in [1.82, 2.24) is 4.72 Å². The molecule has 0 unspecified atom stereocenters. The number of aryl methyl sites for hydroxylation is 1. The summed E-state index contributed by atoms with van der Waals surface area (Å²) in [5.74, 6) is -0.787. The van der Waals surface area contributed by atoms with E-state index in [-0.39, 0.29) is 30.0 Å². The number of rotatable bonds is 8. The minimum Gasteiger partial charge on any atom is -0.506 e. The van der Waals surface area contributed by atoms with Crippen LogP contribution in [0.4, 0.5) is 5.69 Å². The van der Waals surface area contributed by atoms with E-state index in [1.54, 1.807) is 12.1 Å². The number of hydrogen-bond donors (Lipinski definition) is 3. The Morgan fingerprint density at radius 3 is 2.56 bits per heavy atom. The number of carbonyl (C=O) groups is 1. The Morgan fingerprint density at radius 2 is 1.96 bits per heavy atom. The molecule has 1 heterocycles. The predicted molar refractivity (Wildman–Crippen MR) is 95.6 cm³/mol. The van der Waals surface area contributed by atoms with E-state index in [2.05, 4.69) is 0 Å². The summed E-state index contributed by atoms with van der Waals surface area (Å²) in [6.07, 6.45) is 4.64. The van der Waals surface area contributed by atoms with Gasteiger partial charge in [0.1, 0.15) is 12.3 Å². The first kappa shape index (κ1) is 19.5. The number of aliphatic hydroxyl groups is 1. The lowest BCUT2D eigenvalue weighted by Gasteiger charge is -2.21. The monoisotopic (exact) mass is 370 g/mol. The zero-order valence-corrected chi connectivity index (χ0v) is 15.5. The van der Waals surface area contributed by atoms with Crippen molar-refractivity contribution in [3.8, 4) is 5.75 Å². The van der Waals surface area contributed by atoms with Gasteiger partial charge in [0.2, 0.25) is 0 Å². The molecule has 0 aromatic heterocycles. The third-order valence-electron chi connectivity index (χ3n) is 4.38. The Hall–Kier alpha value is -1.80. The molecular formula is C17H26N2O5S. The lowest BCUT2D eigenvalue weighted by atomic mass is 9.88. The van der Waals surface area contributed by atoms with Gasteiger partial charge in [0.25, 0.3) is 5.91 Å². The highest BCUT2D eigenvalue weighted by atomic mass is 32.2. The second-order valence-electron chi connectivity index (χ2n) is 7.24. The highest BCUT2D eigenvalue weighted by molar-refractivity contribution is 7.92. The minimum absolute atomic E-state index is 0.0602. The van der Waals surface area contributed by atoms with Crippen LogP contribution in [0.3, 0.4) is 0 Å². The van der Waals surface area contributed by atoms with Crippen LogP contribution in [0, 0.1) is 5.41 Å². The van der Waals surface area contributed by atoms with Crippen molar-refractivity contribution in [3.05, 3.63) is 23.8 Å². The minimum atomic E-state index is -3.93. The average molecular weight is 370 g/mol. The molecule has 140 valence electrons. The van der Waals surface area contributed by atoms with Gasteiger partial charge in [0.15, 0.2) is 0 Å². The number of phenolic OH excluding ortho intramolecular Hbond substituents is 1. The van der Waals surface area contributed by atoms with Crippen molar-refractivity contribution in [2.75, 3.05) is 17.5 Å². The standard InChI is InChI=1S/C17H26N2O5S/c1-17(2,12-20)9-5-3-4-6-13-7-8-15(21)14(10-13)19-11-16(22)18-25(19,23)24/h7-8,10,20-21H,3-6,9,11-12H2,1-2H3,(H,18,22). The van der Waals surface area contributed by atoms with Crippen LogP contribution in [0.2, 0.25) is 0 Å². The van der Waals surface area contributed by atoms with Crippen LogP contribution in [-0.2, 0) is 21.4 Å². The van der Waals surface area contributed by atoms with Crippen LogP contribution in [0.15, 0.2) is 18.2 Å². The molecule has 1 fully saturated rings. The fourth-order valence-electron chi connectivity index (χ4n) is 2.77. The van der Waals surface area contributed by atoms with Crippen LogP contribution in [-0.4, -0.2) is 37.7 Å². The van der Waals surface area contributed by atoms with Crippen LogP contribution < -0.4 is 9.03 Å². The summed E-state index contributed by atoms with van der Waals surface area (Å²) in [4.78, 5) is 11.4. The molecule has 0 radical (unpaired) electrons.